The van der Waals surface area contributed by atoms with Crippen LogP contribution in [-0.4, -0.2) is 21.5 Å². The lowest BCUT2D eigenvalue weighted by atomic mass is 9.47. The molecule has 1 unspecified atom stereocenters. The molecule has 46 heavy (non-hydrogen) atoms. The van der Waals surface area contributed by atoms with Crippen LogP contribution in [0, 0.1) is 0 Å². The number of halogens is 3. The highest BCUT2D eigenvalue weighted by atomic mass is 19.4. The Hall–Kier alpha value is -5.32. The minimum atomic E-state index is -4.52. The van der Waals surface area contributed by atoms with Crippen molar-refractivity contribution in [2.75, 3.05) is 4.81 Å². The van der Waals surface area contributed by atoms with Gasteiger partial charge in [-0.3, -0.25) is 0 Å². The van der Waals surface area contributed by atoms with E-state index in [1.165, 1.54) is 12.1 Å². The third-order valence-corrected chi connectivity index (χ3v) is 8.13. The second kappa shape index (κ2) is 11.2. The molecule has 0 bridgehead atoms. The summed E-state index contributed by atoms with van der Waals surface area (Å²) in [5.74, 6) is 3.16. The van der Waals surface area contributed by atoms with Gasteiger partial charge >= 0.3 is 27.7 Å². The molecule has 5 aromatic rings. The first-order valence-corrected chi connectivity index (χ1v) is 14.7. The van der Waals surface area contributed by atoms with Crippen LogP contribution in [0.4, 0.5) is 18.9 Å². The Morgan fingerprint density at radius 1 is 0.478 bits per heavy atom. The highest BCUT2D eigenvalue weighted by molar-refractivity contribution is 6.71. The van der Waals surface area contributed by atoms with Crippen LogP contribution in [0.3, 0.4) is 0 Å². The fraction of sp³-hybridized carbons (Fsp3) is 0.0909. The average molecular weight is 619 g/mol. The third-order valence-electron chi connectivity index (χ3n) is 8.13. The van der Waals surface area contributed by atoms with Crippen molar-refractivity contribution in [1.82, 2.24) is 0 Å². The zero-order chi connectivity index (χ0) is 31.3. The van der Waals surface area contributed by atoms with Crippen molar-refractivity contribution in [1.29, 1.82) is 0 Å². The number of benzene rings is 5. The number of nitrogens with zero attached hydrogens (tertiary/aromatic N) is 1. The summed E-state index contributed by atoms with van der Waals surface area (Å²) in [5, 5.41) is 0. The van der Waals surface area contributed by atoms with E-state index in [0.717, 1.165) is 17.7 Å². The predicted octanol–water partition coefficient (Wildman–Crippen LogP) is 7.54. The molecule has 0 saturated carbocycles. The summed E-state index contributed by atoms with van der Waals surface area (Å²) in [6.07, 6.45) is -4.52. The largest absolute Gasteiger partial charge is 0.739 e. The summed E-state index contributed by atoms with van der Waals surface area (Å²) in [5.41, 5.74) is -0.380. The molecule has 3 aliphatic rings. The molecule has 0 N–H and O–H groups in total. The summed E-state index contributed by atoms with van der Waals surface area (Å²) >= 11 is 0. The highest BCUT2D eigenvalue weighted by Gasteiger charge is 2.61. The maximum absolute atomic E-state index is 13.7. The normalized spacial score (nSPS) is 15.0. The lowest BCUT2D eigenvalue weighted by molar-refractivity contribution is -0.137. The molecule has 3 heterocycles. The van der Waals surface area contributed by atoms with E-state index in [-0.39, 0.29) is 0 Å². The van der Waals surface area contributed by atoms with Crippen LogP contribution in [-0.2, 0) is 6.18 Å². The second-order valence-corrected chi connectivity index (χ2v) is 11.0. The molecule has 0 saturated heterocycles. The Balaban J connectivity index is 1.29. The number of alkyl halides is 3. The lowest BCUT2D eigenvalue weighted by Crippen LogP contribution is -2.57. The van der Waals surface area contributed by atoms with Crippen molar-refractivity contribution in [3.05, 3.63) is 139 Å². The molecule has 226 valence electrons. The smallest absolute Gasteiger partial charge is 0.523 e. The molecule has 8 rings (SSSR count). The molecular weight excluding hydrogens is 596 g/mol. The zero-order valence-corrected chi connectivity index (χ0v) is 24.0. The van der Waals surface area contributed by atoms with Crippen LogP contribution in [0.5, 0.6) is 34.5 Å². The number of para-hydroxylation sites is 6. The van der Waals surface area contributed by atoms with Crippen LogP contribution in [0.2, 0.25) is 5.72 Å². The minimum Gasteiger partial charge on any atom is -0.523 e. The van der Waals surface area contributed by atoms with E-state index in [9.17, 15) is 13.2 Å². The maximum atomic E-state index is 13.7. The van der Waals surface area contributed by atoms with Crippen LogP contribution in [0.1, 0.15) is 17.2 Å². The summed E-state index contributed by atoms with van der Waals surface area (Å²) in [4.78, 5) is 1.78. The molecule has 0 fully saturated rings. The van der Waals surface area contributed by atoms with Gasteiger partial charge in [-0.25, -0.2) is 0 Å². The van der Waals surface area contributed by atoms with E-state index in [4.69, 9.17) is 27.9 Å². The van der Waals surface area contributed by atoms with E-state index in [1.807, 2.05) is 91.0 Å². The van der Waals surface area contributed by atoms with Gasteiger partial charge in [0.05, 0.1) is 11.6 Å². The van der Waals surface area contributed by atoms with Crippen molar-refractivity contribution in [3.63, 3.8) is 0 Å². The van der Waals surface area contributed by atoms with Crippen molar-refractivity contribution in [2.24, 2.45) is 0 Å². The third kappa shape index (κ3) is 5.11. The number of hydrogen-bond donors (Lipinski definition) is 0. The van der Waals surface area contributed by atoms with Crippen molar-refractivity contribution in [3.8, 4) is 34.5 Å². The van der Waals surface area contributed by atoms with E-state index < -0.39 is 45.0 Å². The Bertz CT molecular complexity index is 1740. The first kappa shape index (κ1) is 28.2. The topological polar surface area (TPSA) is 58.6 Å². The maximum Gasteiger partial charge on any atom is 0.739 e. The van der Waals surface area contributed by atoms with Gasteiger partial charge in [-0.05, 0) is 66.2 Å². The molecule has 13 heteroatoms. The molecule has 3 aliphatic heterocycles. The highest BCUT2D eigenvalue weighted by Crippen LogP contribution is 2.49. The van der Waals surface area contributed by atoms with Gasteiger partial charge in [0.1, 0.15) is 40.2 Å². The molecular formula is C33H23B3F3NO6. The molecule has 5 aromatic carbocycles. The molecule has 0 amide bonds. The number of fused-ring (bicyclic) bond motifs is 3. The van der Waals surface area contributed by atoms with Gasteiger partial charge in [0, 0.05) is 5.69 Å². The summed E-state index contributed by atoms with van der Waals surface area (Å²) < 4.78 is 79.4. The number of rotatable bonds is 7. The van der Waals surface area contributed by atoms with Crippen molar-refractivity contribution < 1.29 is 41.1 Å². The predicted molar refractivity (Wildman–Crippen MR) is 167 cm³/mol. The quantitative estimate of drug-likeness (QED) is 0.175. The SMILES string of the molecule is FC(F)(F)c1ccc(N(B2Oc3ccccc3O2)C(c2ccccc2)C(B2Oc3ccccc3O2)B2Oc3ccccc3O2)cc1. The fourth-order valence-corrected chi connectivity index (χ4v) is 6.03. The van der Waals surface area contributed by atoms with Crippen molar-refractivity contribution >= 4 is 27.2 Å². The minimum absolute atomic E-state index is 0.399. The molecule has 7 nitrogen and oxygen atoms in total. The van der Waals surface area contributed by atoms with Gasteiger partial charge in [0.2, 0.25) is 0 Å². The fourth-order valence-electron chi connectivity index (χ4n) is 6.03. The van der Waals surface area contributed by atoms with Crippen LogP contribution >= 0.6 is 0 Å². The monoisotopic (exact) mass is 619 g/mol. The second-order valence-electron chi connectivity index (χ2n) is 11.0. The van der Waals surface area contributed by atoms with Crippen LogP contribution < -0.4 is 32.7 Å². The van der Waals surface area contributed by atoms with Crippen molar-refractivity contribution in [2.45, 2.75) is 17.9 Å². The Morgan fingerprint density at radius 2 is 0.870 bits per heavy atom. The average Bonchev–Trinajstić information content (AvgIpc) is 3.81. The van der Waals surface area contributed by atoms with E-state index >= 15 is 0 Å². The van der Waals surface area contributed by atoms with Gasteiger partial charge in [-0.1, -0.05) is 66.7 Å². The molecule has 0 spiro atoms. The van der Waals surface area contributed by atoms with Gasteiger partial charge in [0.15, 0.2) is 0 Å². The van der Waals surface area contributed by atoms with Crippen LogP contribution in [0.15, 0.2) is 127 Å². The number of anilines is 1. The zero-order valence-electron chi connectivity index (χ0n) is 24.0. The summed E-state index contributed by atoms with van der Waals surface area (Å²) in [6.45, 7) is 0. The molecule has 0 radical (unpaired) electrons. The summed E-state index contributed by atoms with van der Waals surface area (Å²) in [7, 11) is -2.97. The number of hydrogen-bond acceptors (Lipinski definition) is 7. The molecule has 0 aromatic heterocycles. The van der Waals surface area contributed by atoms with E-state index in [1.54, 1.807) is 16.9 Å². The first-order valence-electron chi connectivity index (χ1n) is 14.7. The van der Waals surface area contributed by atoms with Gasteiger partial charge in [-0.15, -0.1) is 0 Å². The lowest BCUT2D eigenvalue weighted by Gasteiger charge is -2.38. The van der Waals surface area contributed by atoms with E-state index in [2.05, 4.69) is 0 Å². The summed E-state index contributed by atoms with van der Waals surface area (Å²) in [6, 6.07) is 35.4. The Labute approximate surface area is 263 Å². The first-order chi connectivity index (χ1) is 22.4. The van der Waals surface area contributed by atoms with Crippen LogP contribution in [0.25, 0.3) is 0 Å². The Morgan fingerprint density at radius 3 is 1.28 bits per heavy atom. The standard InChI is InChI=1S/C33H23B3F3NO6/c37-33(38,39)23-18-20-24(21-19-23)40(36-45-29-16-8-9-17-30(29)46-36)31(22-10-2-1-3-11-22)32(34-41-25-12-4-5-13-26(25)42-34)35-43-27-14-6-7-15-28(27)44-35/h1-21,31-32H. The molecule has 1 atom stereocenters. The van der Waals surface area contributed by atoms with Gasteiger partial charge < -0.3 is 32.7 Å². The van der Waals surface area contributed by atoms with Gasteiger partial charge in [-0.2, -0.15) is 13.2 Å². The van der Waals surface area contributed by atoms with E-state index in [0.29, 0.717) is 40.2 Å². The molecule has 0 aliphatic carbocycles. The Kier molecular flexibility index (Phi) is 6.89. The van der Waals surface area contributed by atoms with Gasteiger partial charge in [0.25, 0.3) is 0 Å².